The molecule has 41 heavy (non-hydrogen) atoms. The average Bonchev–Trinajstić information content (AvgIpc) is 3.65. The Balaban J connectivity index is 1.53. The molecule has 9 heteroatoms. The van der Waals surface area contributed by atoms with E-state index in [1.807, 2.05) is 70.3 Å². The molecule has 2 aromatic carbocycles. The second-order valence-electron chi connectivity index (χ2n) is 11.5. The van der Waals surface area contributed by atoms with E-state index in [1.165, 1.54) is 12.0 Å². The van der Waals surface area contributed by atoms with E-state index in [4.69, 9.17) is 14.2 Å². The lowest BCUT2D eigenvalue weighted by molar-refractivity contribution is 0.0542. The summed E-state index contributed by atoms with van der Waals surface area (Å²) in [4.78, 5) is 28.9. The van der Waals surface area contributed by atoms with Crippen molar-refractivity contribution in [3.63, 3.8) is 0 Å². The van der Waals surface area contributed by atoms with Crippen molar-refractivity contribution < 1.29 is 23.8 Å². The molecule has 0 saturated carbocycles. The predicted molar refractivity (Wildman–Crippen MR) is 160 cm³/mol. The number of hydrogen-bond acceptors (Lipinski definition) is 8. The second kappa shape index (κ2) is 11.7. The minimum atomic E-state index is -0.601. The van der Waals surface area contributed by atoms with Crippen molar-refractivity contribution in [1.82, 2.24) is 13.8 Å². The molecule has 0 bridgehead atoms. The van der Waals surface area contributed by atoms with Gasteiger partial charge in [0.15, 0.2) is 0 Å². The smallest absolute Gasteiger partial charge is 0.419 e. The molecular weight excluding hydrogens is 538 g/mol. The van der Waals surface area contributed by atoms with E-state index in [2.05, 4.69) is 15.3 Å². The molecule has 8 nitrogen and oxygen atoms in total. The Hall–Kier alpha value is -3.69. The minimum absolute atomic E-state index is 0.108. The van der Waals surface area contributed by atoms with Gasteiger partial charge < -0.3 is 14.2 Å². The molecule has 2 atom stereocenters. The Labute approximate surface area is 245 Å². The zero-order valence-electron chi connectivity index (χ0n) is 24.5. The minimum Gasteiger partial charge on any atom is -0.496 e. The summed E-state index contributed by atoms with van der Waals surface area (Å²) in [6.45, 7) is 9.10. The molecule has 0 aliphatic carbocycles. The highest BCUT2D eigenvalue weighted by atomic mass is 32.1. The Kier molecular flexibility index (Phi) is 8.20. The lowest BCUT2D eigenvalue weighted by Crippen LogP contribution is -2.36. The average molecular weight is 576 g/mol. The molecule has 1 fully saturated rings. The third-order valence-electron chi connectivity index (χ3n) is 7.69. The van der Waals surface area contributed by atoms with Gasteiger partial charge in [0.25, 0.3) is 0 Å². The van der Waals surface area contributed by atoms with Gasteiger partial charge in [0.2, 0.25) is 0 Å². The molecule has 5 rings (SSSR count). The van der Waals surface area contributed by atoms with E-state index in [0.29, 0.717) is 18.0 Å². The Morgan fingerprint density at radius 1 is 1.10 bits per heavy atom. The van der Waals surface area contributed by atoms with Crippen LogP contribution in [0.25, 0.3) is 10.9 Å². The topological polar surface area (TPSA) is 82.9 Å². The van der Waals surface area contributed by atoms with Crippen LogP contribution in [0.4, 0.5) is 4.79 Å². The van der Waals surface area contributed by atoms with Crippen LogP contribution in [0.3, 0.4) is 0 Å². The van der Waals surface area contributed by atoms with Gasteiger partial charge in [0.1, 0.15) is 11.4 Å². The maximum Gasteiger partial charge on any atom is 0.419 e. The van der Waals surface area contributed by atoms with E-state index in [9.17, 15) is 9.59 Å². The first kappa shape index (κ1) is 28.8. The first-order valence-corrected chi connectivity index (χ1v) is 14.6. The monoisotopic (exact) mass is 575 g/mol. The molecule has 1 aliphatic heterocycles. The summed E-state index contributed by atoms with van der Waals surface area (Å²) in [6.07, 6.45) is 5.19. The number of hydrogen-bond donors (Lipinski definition) is 0. The van der Waals surface area contributed by atoms with Crippen molar-refractivity contribution in [2.24, 2.45) is 0 Å². The number of benzene rings is 2. The van der Waals surface area contributed by atoms with Gasteiger partial charge in [-0.15, -0.1) is 0 Å². The lowest BCUT2D eigenvalue weighted by atomic mass is 9.85. The van der Waals surface area contributed by atoms with Gasteiger partial charge in [-0.3, -0.25) is 9.47 Å². The van der Waals surface area contributed by atoms with Gasteiger partial charge in [0, 0.05) is 40.8 Å². The largest absolute Gasteiger partial charge is 0.496 e. The van der Waals surface area contributed by atoms with Gasteiger partial charge >= 0.3 is 12.1 Å². The molecule has 3 heterocycles. The first-order valence-electron chi connectivity index (χ1n) is 13.8. The molecule has 216 valence electrons. The number of carbonyl (C=O) groups is 2. The number of nitrogens with zero attached hydrogens (tertiary/aromatic N) is 3. The van der Waals surface area contributed by atoms with Crippen LogP contribution in [0, 0.1) is 6.92 Å². The summed E-state index contributed by atoms with van der Waals surface area (Å²) in [5.41, 5.74) is 3.87. The van der Waals surface area contributed by atoms with Crippen LogP contribution in [-0.2, 0) is 16.0 Å². The third kappa shape index (κ3) is 6.01. The standard InChI is InChI=1S/C32H37N3O5S/c1-20-17-27(38-5)25(24-13-16-35(29(20)24)31(37)40-32(2,3)4)19-34-15-12-23(28-11-14-33-41-28)18-26(34)21-7-9-22(10-8-21)30(36)39-6/h7-11,13-14,16-17,23,26H,12,15,18-19H2,1-6H3/t23?,26-/m0/s1. The number of fused-ring (bicyclic) bond motifs is 1. The summed E-state index contributed by atoms with van der Waals surface area (Å²) in [5.74, 6) is 0.847. The number of ether oxygens (including phenoxy) is 3. The summed E-state index contributed by atoms with van der Waals surface area (Å²) in [7, 11) is 3.08. The number of likely N-dealkylation sites (tertiary alicyclic amines) is 1. The van der Waals surface area contributed by atoms with Crippen molar-refractivity contribution >= 4 is 34.5 Å². The summed E-state index contributed by atoms with van der Waals surface area (Å²) >= 11 is 1.56. The Morgan fingerprint density at radius 3 is 2.49 bits per heavy atom. The highest BCUT2D eigenvalue weighted by Crippen LogP contribution is 2.43. The molecule has 0 radical (unpaired) electrons. The van der Waals surface area contributed by atoms with E-state index in [-0.39, 0.29) is 12.0 Å². The number of aryl methyl sites for hydroxylation is 1. The van der Waals surface area contributed by atoms with Crippen LogP contribution in [0.5, 0.6) is 5.75 Å². The van der Waals surface area contributed by atoms with Gasteiger partial charge in [-0.25, -0.2) is 14.0 Å². The summed E-state index contributed by atoms with van der Waals surface area (Å²) < 4.78 is 22.4. The van der Waals surface area contributed by atoms with Crippen LogP contribution in [0.15, 0.2) is 54.9 Å². The van der Waals surface area contributed by atoms with E-state index < -0.39 is 11.7 Å². The molecule has 1 unspecified atom stereocenters. The second-order valence-corrected chi connectivity index (χ2v) is 12.4. The van der Waals surface area contributed by atoms with Crippen LogP contribution in [0.1, 0.15) is 77.5 Å². The number of piperidine rings is 1. The normalized spacial score (nSPS) is 17.9. The number of carbonyl (C=O) groups excluding carboxylic acids is 2. The van der Waals surface area contributed by atoms with Crippen molar-refractivity contribution in [3.05, 3.63) is 82.0 Å². The maximum atomic E-state index is 13.1. The fraction of sp³-hybridized carbons (Fsp3) is 0.406. The molecule has 1 saturated heterocycles. The summed E-state index contributed by atoms with van der Waals surface area (Å²) in [5, 5.41) is 0.970. The van der Waals surface area contributed by atoms with Crippen molar-refractivity contribution in [2.75, 3.05) is 20.8 Å². The molecule has 0 N–H and O–H groups in total. The van der Waals surface area contributed by atoms with Crippen LogP contribution >= 0.6 is 11.5 Å². The van der Waals surface area contributed by atoms with Gasteiger partial charge in [0.05, 0.1) is 25.3 Å². The maximum absolute atomic E-state index is 13.1. The fourth-order valence-corrected chi connectivity index (χ4v) is 6.51. The van der Waals surface area contributed by atoms with Crippen molar-refractivity contribution in [2.45, 2.75) is 64.6 Å². The van der Waals surface area contributed by atoms with Crippen molar-refractivity contribution in [3.8, 4) is 5.75 Å². The molecule has 1 aliphatic rings. The first-order chi connectivity index (χ1) is 19.6. The highest BCUT2D eigenvalue weighted by Gasteiger charge is 2.33. The van der Waals surface area contributed by atoms with Crippen LogP contribution < -0.4 is 4.74 Å². The molecule has 0 amide bonds. The van der Waals surface area contributed by atoms with Gasteiger partial charge in [-0.05, 0) is 106 Å². The highest BCUT2D eigenvalue weighted by molar-refractivity contribution is 7.05. The fourth-order valence-electron chi connectivity index (χ4n) is 5.78. The quantitative estimate of drug-likeness (QED) is 0.227. The number of rotatable bonds is 6. The number of esters is 1. The van der Waals surface area contributed by atoms with Gasteiger partial charge in [-0.2, -0.15) is 0 Å². The van der Waals surface area contributed by atoms with Crippen LogP contribution in [0.2, 0.25) is 0 Å². The molecule has 2 aromatic heterocycles. The number of aromatic nitrogens is 2. The van der Waals surface area contributed by atoms with E-state index >= 15 is 0 Å². The Morgan fingerprint density at radius 2 is 1.85 bits per heavy atom. The van der Waals surface area contributed by atoms with E-state index in [0.717, 1.165) is 52.7 Å². The molecular formula is C32H37N3O5S. The lowest BCUT2D eigenvalue weighted by Gasteiger charge is -2.40. The SMILES string of the molecule is COC(=O)c1ccc([C@@H]2CC(c3ccns3)CCN2Cc2c(OC)cc(C)c3c2ccn3C(=O)OC(C)(C)C)cc1. The molecule has 4 aromatic rings. The Bertz CT molecular complexity index is 1540. The third-order valence-corrected chi connectivity index (χ3v) is 8.60. The summed E-state index contributed by atoms with van der Waals surface area (Å²) in [6, 6.07) is 13.9. The predicted octanol–water partition coefficient (Wildman–Crippen LogP) is 7.11. The van der Waals surface area contributed by atoms with E-state index in [1.54, 1.807) is 29.4 Å². The zero-order chi connectivity index (χ0) is 29.3. The molecule has 0 spiro atoms. The number of methoxy groups -OCH3 is 2. The van der Waals surface area contributed by atoms with Crippen LogP contribution in [-0.4, -0.2) is 52.3 Å². The zero-order valence-corrected chi connectivity index (χ0v) is 25.3. The van der Waals surface area contributed by atoms with Gasteiger partial charge in [-0.1, -0.05) is 12.1 Å². The van der Waals surface area contributed by atoms with Crippen molar-refractivity contribution in [1.29, 1.82) is 0 Å².